The Hall–Kier alpha value is -2.67. The van der Waals surface area contributed by atoms with Gasteiger partial charge in [-0.3, -0.25) is 9.97 Å². The van der Waals surface area contributed by atoms with Crippen LogP contribution >= 0.6 is 11.3 Å². The van der Waals surface area contributed by atoms with Crippen LogP contribution in [0.2, 0.25) is 0 Å². The Balaban J connectivity index is 1.69. The molecule has 4 rings (SSSR count). The molecule has 0 amide bonds. The van der Waals surface area contributed by atoms with Crippen molar-refractivity contribution in [3.63, 3.8) is 0 Å². The van der Waals surface area contributed by atoms with Gasteiger partial charge in [0.15, 0.2) is 0 Å². The lowest BCUT2D eigenvalue weighted by atomic mass is 9.98. The highest BCUT2D eigenvalue weighted by atomic mass is 32.1. The van der Waals surface area contributed by atoms with Gasteiger partial charge in [-0.1, -0.05) is 5.16 Å². The molecule has 0 bridgehead atoms. The van der Waals surface area contributed by atoms with Gasteiger partial charge in [-0.05, 0) is 38.3 Å². The van der Waals surface area contributed by atoms with E-state index in [1.54, 1.807) is 17.5 Å². The van der Waals surface area contributed by atoms with Crippen LogP contribution in [0.3, 0.4) is 0 Å². The molecule has 0 spiro atoms. The van der Waals surface area contributed by atoms with Gasteiger partial charge in [0, 0.05) is 24.2 Å². The summed E-state index contributed by atoms with van der Waals surface area (Å²) < 4.78 is 0. The largest absolute Gasteiger partial charge is 0.396 e. The van der Waals surface area contributed by atoms with E-state index >= 15 is 0 Å². The molecule has 25 heavy (non-hydrogen) atoms. The van der Waals surface area contributed by atoms with Crippen molar-refractivity contribution >= 4 is 17.0 Å². The second-order valence-corrected chi connectivity index (χ2v) is 6.66. The third-order valence-electron chi connectivity index (χ3n) is 3.92. The van der Waals surface area contributed by atoms with E-state index in [-0.39, 0.29) is 0 Å². The summed E-state index contributed by atoms with van der Waals surface area (Å²) >= 11 is 1.58. The van der Waals surface area contributed by atoms with Gasteiger partial charge >= 0.3 is 0 Å². The first-order valence-electron chi connectivity index (χ1n) is 8.27. The van der Waals surface area contributed by atoms with E-state index in [0.29, 0.717) is 6.61 Å². The van der Waals surface area contributed by atoms with E-state index in [4.69, 9.17) is 9.82 Å². The van der Waals surface area contributed by atoms with Crippen molar-refractivity contribution in [1.82, 2.24) is 19.9 Å². The van der Waals surface area contributed by atoms with Crippen LogP contribution in [-0.4, -0.2) is 32.3 Å². The minimum Gasteiger partial charge on any atom is -0.396 e. The fourth-order valence-corrected chi connectivity index (χ4v) is 3.60. The van der Waals surface area contributed by atoms with E-state index in [1.807, 2.05) is 37.6 Å². The molecule has 0 radical (unpaired) electrons. The van der Waals surface area contributed by atoms with Crippen molar-refractivity contribution in [3.05, 3.63) is 48.3 Å². The number of thiazole rings is 1. The topological polar surface area (TPSA) is 73.2 Å². The number of fused-ring (bicyclic) bond motifs is 1. The van der Waals surface area contributed by atoms with Crippen LogP contribution in [0.15, 0.2) is 42.1 Å². The number of aromatic nitrogens is 4. The van der Waals surface area contributed by atoms with E-state index < -0.39 is 0 Å². The zero-order chi connectivity index (χ0) is 17.1. The van der Waals surface area contributed by atoms with Gasteiger partial charge in [0.2, 0.25) is 0 Å². The van der Waals surface area contributed by atoms with Crippen LogP contribution in [0.25, 0.3) is 21.1 Å². The lowest BCUT2D eigenvalue weighted by Gasteiger charge is -2.15. The van der Waals surface area contributed by atoms with E-state index in [2.05, 4.69) is 20.1 Å². The van der Waals surface area contributed by atoms with E-state index in [0.717, 1.165) is 57.5 Å². The Labute approximate surface area is 149 Å². The number of hydrogen-bond donors (Lipinski definition) is 0. The Kier molecular flexibility index (Phi) is 4.47. The summed E-state index contributed by atoms with van der Waals surface area (Å²) in [4.78, 5) is 24.3. The molecule has 3 aromatic rings. The molecule has 0 fully saturated rings. The first-order chi connectivity index (χ1) is 12.3. The van der Waals surface area contributed by atoms with Gasteiger partial charge in [-0.2, -0.15) is 0 Å². The third-order valence-corrected chi connectivity index (χ3v) is 4.99. The van der Waals surface area contributed by atoms with Crippen LogP contribution < -0.4 is 0 Å². The Morgan fingerprint density at radius 2 is 2.16 bits per heavy atom. The fourth-order valence-electron chi connectivity index (χ4n) is 2.74. The lowest BCUT2D eigenvalue weighted by Crippen LogP contribution is -2.16. The van der Waals surface area contributed by atoms with Crippen molar-refractivity contribution in [2.75, 3.05) is 6.61 Å². The standard InChI is InChI=1S/C18H17N5OS/c1-2-24-23-14-7-3-6-13-17(14)22-15(10-20-13)16-11-21-18(25-16)12-5-4-8-19-9-12/h4-5,8-11H,2-3,6-7H2,1H3/b23-14+. The maximum absolute atomic E-state index is 5.24. The Morgan fingerprint density at radius 3 is 3.00 bits per heavy atom. The first-order valence-corrected chi connectivity index (χ1v) is 9.08. The predicted molar refractivity (Wildman–Crippen MR) is 97.5 cm³/mol. The molecule has 0 saturated heterocycles. The molecule has 0 atom stereocenters. The molecule has 0 aliphatic heterocycles. The van der Waals surface area contributed by atoms with E-state index in [1.165, 1.54) is 0 Å². The van der Waals surface area contributed by atoms with Gasteiger partial charge in [-0.15, -0.1) is 11.3 Å². The van der Waals surface area contributed by atoms with Crippen molar-refractivity contribution < 1.29 is 4.84 Å². The van der Waals surface area contributed by atoms with Crippen molar-refractivity contribution in [2.24, 2.45) is 5.16 Å². The minimum atomic E-state index is 0.551. The van der Waals surface area contributed by atoms with Crippen LogP contribution in [-0.2, 0) is 11.3 Å². The van der Waals surface area contributed by atoms with E-state index in [9.17, 15) is 0 Å². The number of aryl methyl sites for hydroxylation is 1. The van der Waals surface area contributed by atoms with Crippen LogP contribution in [0, 0.1) is 0 Å². The quantitative estimate of drug-likeness (QED) is 0.670. The molecular formula is C18H17N5OS. The number of pyridine rings is 1. The highest BCUT2D eigenvalue weighted by molar-refractivity contribution is 7.18. The zero-order valence-corrected chi connectivity index (χ0v) is 14.7. The monoisotopic (exact) mass is 351 g/mol. The second kappa shape index (κ2) is 7.06. The normalized spacial score (nSPS) is 15.2. The zero-order valence-electron chi connectivity index (χ0n) is 13.8. The summed E-state index contributed by atoms with van der Waals surface area (Å²) in [7, 11) is 0. The average molecular weight is 351 g/mol. The van der Waals surface area contributed by atoms with Gasteiger partial charge in [-0.25, -0.2) is 9.97 Å². The summed E-state index contributed by atoms with van der Waals surface area (Å²) in [6.07, 6.45) is 10.1. The van der Waals surface area contributed by atoms with Gasteiger partial charge in [0.25, 0.3) is 0 Å². The molecule has 0 saturated carbocycles. The average Bonchev–Trinajstić information content (AvgIpc) is 3.17. The molecule has 3 heterocycles. The third kappa shape index (κ3) is 3.28. The number of oxime groups is 1. The van der Waals surface area contributed by atoms with Crippen LogP contribution in [0.1, 0.15) is 31.2 Å². The summed E-state index contributed by atoms with van der Waals surface area (Å²) in [5.74, 6) is 0. The summed E-state index contributed by atoms with van der Waals surface area (Å²) in [6, 6.07) is 3.91. The van der Waals surface area contributed by atoms with Crippen LogP contribution in [0.4, 0.5) is 0 Å². The number of rotatable bonds is 4. The van der Waals surface area contributed by atoms with Crippen LogP contribution in [0.5, 0.6) is 0 Å². The molecule has 126 valence electrons. The maximum atomic E-state index is 5.24. The van der Waals surface area contributed by atoms with Gasteiger partial charge in [0.1, 0.15) is 28.7 Å². The molecule has 7 heteroatoms. The second-order valence-electron chi connectivity index (χ2n) is 5.63. The minimum absolute atomic E-state index is 0.551. The highest BCUT2D eigenvalue weighted by Crippen LogP contribution is 2.31. The molecule has 0 unspecified atom stereocenters. The molecule has 1 aliphatic carbocycles. The van der Waals surface area contributed by atoms with Gasteiger partial charge in [0.05, 0.1) is 16.8 Å². The molecular weight excluding hydrogens is 334 g/mol. The predicted octanol–water partition coefficient (Wildman–Crippen LogP) is 3.74. The van der Waals surface area contributed by atoms with Crippen molar-refractivity contribution in [1.29, 1.82) is 0 Å². The van der Waals surface area contributed by atoms with Gasteiger partial charge < -0.3 is 4.84 Å². The molecule has 1 aliphatic rings. The first kappa shape index (κ1) is 15.8. The summed E-state index contributed by atoms with van der Waals surface area (Å²) in [5.41, 5.74) is 4.55. The summed E-state index contributed by atoms with van der Waals surface area (Å²) in [5, 5.41) is 5.15. The maximum Gasteiger partial charge on any atom is 0.125 e. The number of hydrogen-bond acceptors (Lipinski definition) is 7. The highest BCUT2D eigenvalue weighted by Gasteiger charge is 2.20. The molecule has 6 nitrogen and oxygen atoms in total. The lowest BCUT2D eigenvalue weighted by molar-refractivity contribution is 0.158. The Morgan fingerprint density at radius 1 is 1.20 bits per heavy atom. The van der Waals surface area contributed by atoms with Crippen molar-refractivity contribution in [2.45, 2.75) is 26.2 Å². The number of nitrogens with zero attached hydrogens (tertiary/aromatic N) is 5. The molecule has 0 aromatic carbocycles. The fraction of sp³-hybridized carbons (Fsp3) is 0.278. The smallest absolute Gasteiger partial charge is 0.125 e. The SMILES string of the molecule is CCO/N=C1\CCCc2ncc(-c3cnc(-c4cccnc4)s3)nc21. The molecule has 3 aromatic heterocycles. The molecule has 0 N–H and O–H groups in total. The Bertz CT molecular complexity index is 907. The summed E-state index contributed by atoms with van der Waals surface area (Å²) in [6.45, 7) is 2.47. The van der Waals surface area contributed by atoms with Crippen molar-refractivity contribution in [3.8, 4) is 21.1 Å².